The zero-order chi connectivity index (χ0) is 26.4. The summed E-state index contributed by atoms with van der Waals surface area (Å²) in [7, 11) is 0. The number of piperazine rings is 1. The number of hydrogen-bond donors (Lipinski definition) is 1. The molecule has 5 rings (SSSR count). The van der Waals surface area contributed by atoms with Gasteiger partial charge in [0.25, 0.3) is 0 Å². The number of piperidine rings is 1. The second-order valence-electron chi connectivity index (χ2n) is 12.4. The fourth-order valence-corrected chi connectivity index (χ4v) is 7.32. The number of rotatable bonds is 9. The molecule has 2 saturated carbocycles. The Morgan fingerprint density at radius 3 is 2.24 bits per heavy atom. The highest BCUT2D eigenvalue weighted by Crippen LogP contribution is 2.36. The highest BCUT2D eigenvalue weighted by molar-refractivity contribution is 6.00. The largest absolute Gasteiger partial charge is 0.490 e. The van der Waals surface area contributed by atoms with E-state index < -0.39 is 5.54 Å². The first kappa shape index (κ1) is 27.5. The molecule has 1 aromatic carbocycles. The maximum absolute atomic E-state index is 13.8. The number of unbranched alkanes of at least 4 members (excludes halogenated alkanes) is 1. The second kappa shape index (κ2) is 12.8. The van der Waals surface area contributed by atoms with Crippen molar-refractivity contribution in [3.63, 3.8) is 0 Å². The summed E-state index contributed by atoms with van der Waals surface area (Å²) in [5.41, 5.74) is 0.597. The molecule has 0 radical (unpaired) electrons. The summed E-state index contributed by atoms with van der Waals surface area (Å²) < 4.78 is 6.20. The van der Waals surface area contributed by atoms with Crippen molar-refractivity contribution in [1.82, 2.24) is 15.1 Å². The fraction of sp³-hybridized carbons (Fsp3) is 0.750. The Bertz CT molecular complexity index is 912. The number of ether oxygens (including phenoxy) is 1. The van der Waals surface area contributed by atoms with Crippen molar-refractivity contribution < 1.29 is 14.3 Å². The summed E-state index contributed by atoms with van der Waals surface area (Å²) in [5.74, 6) is 1.81. The summed E-state index contributed by atoms with van der Waals surface area (Å²) in [6.07, 6.45) is 17.1. The Morgan fingerprint density at radius 1 is 0.921 bits per heavy atom. The number of hydrogen-bond acceptors (Lipinski definition) is 4. The van der Waals surface area contributed by atoms with E-state index in [4.69, 9.17) is 4.74 Å². The zero-order valence-corrected chi connectivity index (χ0v) is 23.6. The summed E-state index contributed by atoms with van der Waals surface area (Å²) in [5, 5.41) is 3.22. The first-order valence-electron chi connectivity index (χ1n) is 15.7. The smallest absolute Gasteiger partial charge is 0.246 e. The molecule has 6 heteroatoms. The molecule has 0 aromatic heterocycles. The van der Waals surface area contributed by atoms with Crippen LogP contribution < -0.4 is 10.1 Å². The number of nitrogens with zero attached hydrogens (tertiary/aromatic N) is 2. The fourth-order valence-electron chi connectivity index (χ4n) is 7.32. The van der Waals surface area contributed by atoms with Gasteiger partial charge in [0.2, 0.25) is 11.8 Å². The van der Waals surface area contributed by atoms with Crippen LogP contribution in [0.5, 0.6) is 5.75 Å². The number of likely N-dealkylation sites (tertiary alicyclic amines) is 1. The lowest BCUT2D eigenvalue weighted by Gasteiger charge is -2.52. The van der Waals surface area contributed by atoms with E-state index in [-0.39, 0.29) is 17.9 Å². The Labute approximate surface area is 229 Å². The first-order valence-corrected chi connectivity index (χ1v) is 15.7. The van der Waals surface area contributed by atoms with Gasteiger partial charge in [0.1, 0.15) is 17.3 Å². The SMILES string of the molecule is CCCCN1C(=O)[C@H](CC2CCCCC2)NC(=O)C12CCN(Cc1ccc(OC3CCCCC3)cc1)CC2. The van der Waals surface area contributed by atoms with Gasteiger partial charge in [-0.05, 0) is 75.0 Å². The Kier molecular flexibility index (Phi) is 9.29. The molecule has 2 amide bonds. The quantitative estimate of drug-likeness (QED) is 0.442. The number of amides is 2. The van der Waals surface area contributed by atoms with Crippen molar-refractivity contribution in [1.29, 1.82) is 0 Å². The molecule has 1 N–H and O–H groups in total. The van der Waals surface area contributed by atoms with Crippen LogP contribution >= 0.6 is 0 Å². The van der Waals surface area contributed by atoms with Crippen LogP contribution in [0.3, 0.4) is 0 Å². The van der Waals surface area contributed by atoms with Crippen LogP contribution in [0.2, 0.25) is 0 Å². The van der Waals surface area contributed by atoms with E-state index in [1.807, 2.05) is 4.90 Å². The molecular formula is C32H49N3O3. The summed E-state index contributed by atoms with van der Waals surface area (Å²) in [6.45, 7) is 5.39. The molecule has 0 unspecified atom stereocenters. The Morgan fingerprint density at radius 2 is 1.58 bits per heavy atom. The standard InChI is InChI=1S/C32H49N3O3/c1-2-3-20-35-30(36)29(23-25-10-6-4-7-11-25)33-31(37)32(35)18-21-34(22-19-32)24-26-14-16-28(17-15-26)38-27-12-8-5-9-13-27/h14-17,25,27,29H,2-13,18-24H2,1H3,(H,33,37)/t29-/m0/s1. The third-order valence-electron chi connectivity index (χ3n) is 9.71. The van der Waals surface area contributed by atoms with E-state index >= 15 is 0 Å². The minimum atomic E-state index is -0.677. The number of nitrogens with one attached hydrogen (secondary N) is 1. The molecule has 2 saturated heterocycles. The summed E-state index contributed by atoms with van der Waals surface area (Å²) in [4.78, 5) is 31.9. The van der Waals surface area contributed by atoms with Crippen LogP contribution in [0, 0.1) is 5.92 Å². The predicted octanol–water partition coefficient (Wildman–Crippen LogP) is 5.83. The second-order valence-corrected chi connectivity index (χ2v) is 12.4. The maximum atomic E-state index is 13.8. The molecule has 210 valence electrons. The Balaban J connectivity index is 1.18. The minimum absolute atomic E-state index is 0.0953. The minimum Gasteiger partial charge on any atom is -0.490 e. The predicted molar refractivity (Wildman–Crippen MR) is 151 cm³/mol. The van der Waals surface area contributed by atoms with Crippen LogP contribution in [-0.4, -0.2) is 58.9 Å². The molecule has 2 aliphatic carbocycles. The normalized spacial score (nSPS) is 25.5. The van der Waals surface area contributed by atoms with Gasteiger partial charge in [0.15, 0.2) is 0 Å². The van der Waals surface area contributed by atoms with Crippen molar-refractivity contribution in [3.8, 4) is 5.75 Å². The molecule has 4 aliphatic rings. The van der Waals surface area contributed by atoms with Gasteiger partial charge < -0.3 is 15.0 Å². The van der Waals surface area contributed by atoms with Gasteiger partial charge >= 0.3 is 0 Å². The molecular weight excluding hydrogens is 474 g/mol. The zero-order valence-electron chi connectivity index (χ0n) is 23.6. The van der Waals surface area contributed by atoms with Gasteiger partial charge in [-0.15, -0.1) is 0 Å². The van der Waals surface area contributed by atoms with Gasteiger partial charge in [0, 0.05) is 26.2 Å². The molecule has 38 heavy (non-hydrogen) atoms. The molecule has 1 atom stereocenters. The number of carbonyl (C=O) groups is 2. The van der Waals surface area contributed by atoms with E-state index in [1.54, 1.807) is 0 Å². The van der Waals surface area contributed by atoms with E-state index in [0.29, 0.717) is 31.4 Å². The number of carbonyl (C=O) groups excluding carboxylic acids is 2. The average molecular weight is 524 g/mol. The van der Waals surface area contributed by atoms with Crippen molar-refractivity contribution in [2.45, 2.75) is 127 Å². The van der Waals surface area contributed by atoms with E-state index in [0.717, 1.165) is 44.6 Å². The molecule has 1 aromatic rings. The van der Waals surface area contributed by atoms with Gasteiger partial charge in [-0.25, -0.2) is 0 Å². The van der Waals surface area contributed by atoms with Crippen molar-refractivity contribution in [2.24, 2.45) is 5.92 Å². The van der Waals surface area contributed by atoms with E-state index in [2.05, 4.69) is 41.4 Å². The molecule has 2 heterocycles. The lowest BCUT2D eigenvalue weighted by Crippen LogP contribution is -2.73. The lowest BCUT2D eigenvalue weighted by molar-refractivity contribution is -0.162. The molecule has 2 aliphatic heterocycles. The highest BCUT2D eigenvalue weighted by atomic mass is 16.5. The summed E-state index contributed by atoms with van der Waals surface area (Å²) in [6, 6.07) is 8.26. The van der Waals surface area contributed by atoms with Crippen molar-refractivity contribution in [2.75, 3.05) is 19.6 Å². The van der Waals surface area contributed by atoms with Gasteiger partial charge in [-0.1, -0.05) is 64.0 Å². The molecule has 0 bridgehead atoms. The first-order chi connectivity index (χ1) is 18.6. The monoisotopic (exact) mass is 523 g/mol. The maximum Gasteiger partial charge on any atom is 0.246 e. The van der Waals surface area contributed by atoms with Crippen LogP contribution in [0.4, 0.5) is 0 Å². The van der Waals surface area contributed by atoms with Crippen molar-refractivity contribution in [3.05, 3.63) is 29.8 Å². The third kappa shape index (κ3) is 6.38. The highest BCUT2D eigenvalue weighted by Gasteiger charge is 2.53. The molecule has 1 spiro atoms. The van der Waals surface area contributed by atoms with Crippen molar-refractivity contribution >= 4 is 11.8 Å². The molecule has 6 nitrogen and oxygen atoms in total. The van der Waals surface area contributed by atoms with E-state index in [1.165, 1.54) is 69.8 Å². The molecule has 4 fully saturated rings. The van der Waals surface area contributed by atoms with Crippen LogP contribution in [0.15, 0.2) is 24.3 Å². The Hall–Kier alpha value is -2.08. The van der Waals surface area contributed by atoms with Crippen LogP contribution in [-0.2, 0) is 16.1 Å². The van der Waals surface area contributed by atoms with Gasteiger partial charge in [-0.2, -0.15) is 0 Å². The third-order valence-corrected chi connectivity index (χ3v) is 9.71. The topological polar surface area (TPSA) is 61.9 Å². The van der Waals surface area contributed by atoms with Gasteiger partial charge in [0.05, 0.1) is 6.10 Å². The van der Waals surface area contributed by atoms with E-state index in [9.17, 15) is 9.59 Å². The van der Waals surface area contributed by atoms with Gasteiger partial charge in [-0.3, -0.25) is 14.5 Å². The van der Waals surface area contributed by atoms with Crippen LogP contribution in [0.25, 0.3) is 0 Å². The van der Waals surface area contributed by atoms with Crippen LogP contribution in [0.1, 0.15) is 109 Å². The summed E-state index contributed by atoms with van der Waals surface area (Å²) >= 11 is 0. The average Bonchev–Trinajstić information content (AvgIpc) is 2.95. The lowest BCUT2D eigenvalue weighted by atomic mass is 9.79. The number of benzene rings is 1.